The van der Waals surface area contributed by atoms with Crippen molar-refractivity contribution in [2.75, 3.05) is 11.4 Å². The van der Waals surface area contributed by atoms with Crippen LogP contribution in [0.15, 0.2) is 11.1 Å². The second kappa shape index (κ2) is 5.04. The Morgan fingerprint density at radius 1 is 1.50 bits per heavy atom. The van der Waals surface area contributed by atoms with Gasteiger partial charge in [-0.2, -0.15) is 0 Å². The van der Waals surface area contributed by atoms with E-state index in [4.69, 9.17) is 0 Å². The van der Waals surface area contributed by atoms with Crippen LogP contribution in [0.2, 0.25) is 0 Å². The third-order valence-corrected chi connectivity index (χ3v) is 3.66. The van der Waals surface area contributed by atoms with Gasteiger partial charge < -0.3 is 9.88 Å². The van der Waals surface area contributed by atoms with E-state index >= 15 is 0 Å². The van der Waals surface area contributed by atoms with Crippen LogP contribution in [0.5, 0.6) is 0 Å². The number of H-pyrrole nitrogens is 1. The van der Waals surface area contributed by atoms with Crippen LogP contribution in [0.3, 0.4) is 0 Å². The standard InChI is InChI=1S/C10H11IN4O3/c1-2-5-9(17)14-6(16)3-15(5)8-7(11)10(18)13-4-12-8/h4-5H,2-3H2,1H3,(H,12,13,18)(H,14,16,17). The summed E-state index contributed by atoms with van der Waals surface area (Å²) in [6, 6.07) is -0.481. The summed E-state index contributed by atoms with van der Waals surface area (Å²) in [6.07, 6.45) is 1.80. The van der Waals surface area contributed by atoms with Crippen LogP contribution in [-0.2, 0) is 9.59 Å². The molecular formula is C10H11IN4O3. The van der Waals surface area contributed by atoms with Crippen LogP contribution in [0, 0.1) is 3.57 Å². The minimum Gasteiger partial charge on any atom is -0.334 e. The average molecular weight is 362 g/mol. The van der Waals surface area contributed by atoms with Gasteiger partial charge in [0.25, 0.3) is 5.56 Å². The highest BCUT2D eigenvalue weighted by Crippen LogP contribution is 2.21. The van der Waals surface area contributed by atoms with Gasteiger partial charge in [0.15, 0.2) is 5.82 Å². The van der Waals surface area contributed by atoms with Crippen LogP contribution in [0.1, 0.15) is 13.3 Å². The molecule has 1 saturated heterocycles. The van der Waals surface area contributed by atoms with Crippen molar-refractivity contribution < 1.29 is 9.59 Å². The Bertz CT molecular complexity index is 556. The molecule has 2 amide bonds. The number of rotatable bonds is 2. The first-order valence-electron chi connectivity index (χ1n) is 5.38. The summed E-state index contributed by atoms with van der Waals surface area (Å²) < 4.78 is 0.371. The lowest BCUT2D eigenvalue weighted by atomic mass is 10.1. The number of carbonyl (C=O) groups excluding carboxylic acids is 2. The number of nitrogens with one attached hydrogen (secondary N) is 2. The van der Waals surface area contributed by atoms with Crippen molar-refractivity contribution in [1.29, 1.82) is 0 Å². The summed E-state index contributed by atoms with van der Waals surface area (Å²) in [5.74, 6) is -0.372. The first-order valence-corrected chi connectivity index (χ1v) is 6.46. The van der Waals surface area contributed by atoms with Gasteiger partial charge in [-0.3, -0.25) is 19.7 Å². The zero-order valence-electron chi connectivity index (χ0n) is 9.57. The maximum absolute atomic E-state index is 11.7. The lowest BCUT2D eigenvalue weighted by molar-refractivity contribution is -0.132. The van der Waals surface area contributed by atoms with Gasteiger partial charge in [0.1, 0.15) is 9.61 Å². The molecule has 1 unspecified atom stereocenters. The van der Waals surface area contributed by atoms with Crippen molar-refractivity contribution in [2.45, 2.75) is 19.4 Å². The lowest BCUT2D eigenvalue weighted by Gasteiger charge is -2.34. The van der Waals surface area contributed by atoms with Crippen LogP contribution < -0.4 is 15.8 Å². The molecule has 0 spiro atoms. The number of amides is 2. The average Bonchev–Trinajstić information content (AvgIpc) is 2.32. The lowest BCUT2D eigenvalue weighted by Crippen LogP contribution is -2.58. The molecule has 18 heavy (non-hydrogen) atoms. The molecule has 8 heteroatoms. The van der Waals surface area contributed by atoms with Gasteiger partial charge in [-0.1, -0.05) is 6.92 Å². The van der Waals surface area contributed by atoms with E-state index in [1.807, 2.05) is 29.5 Å². The van der Waals surface area contributed by atoms with Crippen molar-refractivity contribution in [2.24, 2.45) is 0 Å². The summed E-state index contributed by atoms with van der Waals surface area (Å²) in [5.41, 5.74) is -0.283. The predicted octanol–water partition coefficient (Wildman–Crippen LogP) is -0.384. The molecule has 2 rings (SSSR count). The number of nitrogens with zero attached hydrogens (tertiary/aromatic N) is 2. The Morgan fingerprint density at radius 3 is 2.89 bits per heavy atom. The SMILES string of the molecule is CCC1C(=O)NC(=O)CN1c1nc[nH]c(=O)c1I. The van der Waals surface area contributed by atoms with E-state index in [1.165, 1.54) is 6.33 Å². The number of aromatic nitrogens is 2. The number of hydrogen-bond donors (Lipinski definition) is 2. The van der Waals surface area contributed by atoms with E-state index in [0.717, 1.165) is 0 Å². The predicted molar refractivity (Wildman–Crippen MR) is 72.1 cm³/mol. The molecule has 1 fully saturated rings. The normalized spacial score (nSPS) is 19.9. The highest BCUT2D eigenvalue weighted by molar-refractivity contribution is 14.1. The largest absolute Gasteiger partial charge is 0.334 e. The van der Waals surface area contributed by atoms with Crippen LogP contribution in [-0.4, -0.2) is 34.4 Å². The molecule has 96 valence electrons. The Labute approximate surface area is 116 Å². The van der Waals surface area contributed by atoms with E-state index < -0.39 is 6.04 Å². The van der Waals surface area contributed by atoms with Crippen molar-refractivity contribution >= 4 is 40.2 Å². The summed E-state index contributed by atoms with van der Waals surface area (Å²) in [7, 11) is 0. The summed E-state index contributed by atoms with van der Waals surface area (Å²) >= 11 is 1.86. The molecule has 1 aliphatic rings. The first-order chi connectivity index (χ1) is 8.54. The van der Waals surface area contributed by atoms with Crippen molar-refractivity contribution in [3.8, 4) is 0 Å². The molecule has 1 atom stereocenters. The van der Waals surface area contributed by atoms with Crippen LogP contribution >= 0.6 is 22.6 Å². The molecule has 2 heterocycles. The Morgan fingerprint density at radius 2 is 2.22 bits per heavy atom. The van der Waals surface area contributed by atoms with Gasteiger partial charge in [0.05, 0.1) is 12.9 Å². The number of anilines is 1. The molecular weight excluding hydrogens is 351 g/mol. The second-order valence-corrected chi connectivity index (χ2v) is 4.91. The van der Waals surface area contributed by atoms with Gasteiger partial charge in [-0.25, -0.2) is 4.98 Å². The van der Waals surface area contributed by atoms with Gasteiger partial charge in [0.2, 0.25) is 11.8 Å². The number of piperazine rings is 1. The van der Waals surface area contributed by atoms with E-state index in [-0.39, 0.29) is 23.9 Å². The molecule has 0 radical (unpaired) electrons. The van der Waals surface area contributed by atoms with Gasteiger partial charge in [-0.05, 0) is 29.0 Å². The topological polar surface area (TPSA) is 95.2 Å². The third-order valence-electron chi connectivity index (χ3n) is 2.69. The van der Waals surface area contributed by atoms with Crippen molar-refractivity contribution in [3.63, 3.8) is 0 Å². The van der Waals surface area contributed by atoms with Gasteiger partial charge in [0, 0.05) is 0 Å². The van der Waals surface area contributed by atoms with Crippen molar-refractivity contribution in [1.82, 2.24) is 15.3 Å². The highest BCUT2D eigenvalue weighted by atomic mass is 127. The molecule has 1 aromatic heterocycles. The highest BCUT2D eigenvalue weighted by Gasteiger charge is 2.34. The Balaban J connectivity index is 2.46. The van der Waals surface area contributed by atoms with Crippen LogP contribution in [0.25, 0.3) is 0 Å². The summed E-state index contributed by atoms with van der Waals surface area (Å²) in [5, 5.41) is 2.28. The minimum atomic E-state index is -0.481. The van der Waals surface area contributed by atoms with E-state index in [9.17, 15) is 14.4 Å². The quantitative estimate of drug-likeness (QED) is 0.552. The molecule has 2 N–H and O–H groups in total. The monoisotopic (exact) mass is 362 g/mol. The van der Waals surface area contributed by atoms with Gasteiger partial charge >= 0.3 is 0 Å². The fourth-order valence-corrected chi connectivity index (χ4v) is 2.47. The van der Waals surface area contributed by atoms with E-state index in [0.29, 0.717) is 15.8 Å². The minimum absolute atomic E-state index is 0.0245. The molecule has 1 aliphatic heterocycles. The number of hydrogen-bond acceptors (Lipinski definition) is 5. The molecule has 0 aromatic carbocycles. The van der Waals surface area contributed by atoms with Crippen LogP contribution in [0.4, 0.5) is 5.82 Å². The summed E-state index contributed by atoms with van der Waals surface area (Å²) in [4.78, 5) is 42.8. The number of aromatic amines is 1. The molecule has 0 bridgehead atoms. The zero-order chi connectivity index (χ0) is 13.3. The molecule has 0 saturated carbocycles. The maximum Gasteiger partial charge on any atom is 0.266 e. The number of imide groups is 1. The molecule has 7 nitrogen and oxygen atoms in total. The Kier molecular flexibility index (Phi) is 3.64. The number of carbonyl (C=O) groups is 2. The van der Waals surface area contributed by atoms with Crippen molar-refractivity contribution in [3.05, 3.63) is 20.3 Å². The molecule has 1 aromatic rings. The third kappa shape index (κ3) is 2.24. The zero-order valence-corrected chi connectivity index (χ0v) is 11.7. The fourth-order valence-electron chi connectivity index (χ4n) is 1.87. The fraction of sp³-hybridized carbons (Fsp3) is 0.400. The van der Waals surface area contributed by atoms with E-state index in [1.54, 1.807) is 4.90 Å². The number of halogens is 1. The smallest absolute Gasteiger partial charge is 0.266 e. The summed E-state index contributed by atoms with van der Waals surface area (Å²) in [6.45, 7) is 1.86. The van der Waals surface area contributed by atoms with E-state index in [2.05, 4.69) is 15.3 Å². The Hall–Kier alpha value is -1.45. The molecule has 0 aliphatic carbocycles. The first kappa shape index (κ1) is 13.0. The van der Waals surface area contributed by atoms with Gasteiger partial charge in [-0.15, -0.1) is 0 Å². The second-order valence-electron chi connectivity index (χ2n) is 3.83. The maximum atomic E-state index is 11.7.